The second kappa shape index (κ2) is 3.10. The van der Waals surface area contributed by atoms with Gasteiger partial charge < -0.3 is 10.7 Å². The molecule has 1 aromatic carbocycles. The molecule has 4 nitrogen and oxygen atoms in total. The van der Waals surface area contributed by atoms with Crippen LogP contribution in [-0.4, -0.2) is 15.2 Å². The van der Waals surface area contributed by atoms with Gasteiger partial charge in [0.2, 0.25) is 0 Å². The Bertz CT molecular complexity index is 653. The second-order valence-corrected chi connectivity index (χ2v) is 3.61. The van der Waals surface area contributed by atoms with Gasteiger partial charge >= 0.3 is 0 Å². The van der Waals surface area contributed by atoms with Crippen molar-refractivity contribution in [2.45, 2.75) is 0 Å². The third-order valence-electron chi connectivity index (χ3n) is 2.52. The van der Waals surface area contributed by atoms with Gasteiger partial charge in [-0.2, -0.15) is 5.10 Å². The molecule has 0 fully saturated rings. The Morgan fingerprint density at radius 1 is 1.25 bits per heavy atom. The van der Waals surface area contributed by atoms with Gasteiger partial charge in [0, 0.05) is 10.9 Å². The smallest absolute Gasteiger partial charge is 0.125 e. The fourth-order valence-corrected chi connectivity index (χ4v) is 1.75. The van der Waals surface area contributed by atoms with Crippen LogP contribution in [-0.2, 0) is 0 Å². The summed E-state index contributed by atoms with van der Waals surface area (Å²) in [6.45, 7) is 0. The number of H-pyrrole nitrogens is 2. The number of hydrogen-bond donors (Lipinski definition) is 3. The van der Waals surface area contributed by atoms with Crippen molar-refractivity contribution in [3.8, 4) is 11.4 Å². The Labute approximate surface area is 90.3 Å². The van der Waals surface area contributed by atoms with Crippen LogP contribution in [0.15, 0.2) is 30.5 Å². The number of nitrogens with zero attached hydrogens (tertiary/aromatic N) is 1. The normalized spacial score (nSPS) is 11.1. The lowest BCUT2D eigenvalue weighted by Gasteiger charge is -1.93. The lowest BCUT2D eigenvalue weighted by molar-refractivity contribution is 0.629. The Balaban J connectivity index is 2.23. The first-order valence-corrected chi connectivity index (χ1v) is 4.81. The van der Waals surface area contributed by atoms with Gasteiger partial charge in [0.1, 0.15) is 11.5 Å². The molecule has 0 unspecified atom stereocenters. The SMILES string of the molecule is Nc1cn[nH]c1-c1cc2ccc(F)cc2[nH]1. The van der Waals surface area contributed by atoms with Gasteiger partial charge in [-0.3, -0.25) is 5.10 Å². The quantitative estimate of drug-likeness (QED) is 0.584. The molecule has 80 valence electrons. The van der Waals surface area contributed by atoms with Gasteiger partial charge in [-0.1, -0.05) is 0 Å². The first-order valence-electron chi connectivity index (χ1n) is 4.81. The highest BCUT2D eigenvalue weighted by Crippen LogP contribution is 2.26. The molecular formula is C11H9FN4. The van der Waals surface area contributed by atoms with Crippen molar-refractivity contribution in [1.29, 1.82) is 0 Å². The topological polar surface area (TPSA) is 70.5 Å². The number of hydrogen-bond acceptors (Lipinski definition) is 2. The number of nitrogens with two attached hydrogens (primary N) is 1. The van der Waals surface area contributed by atoms with Crippen LogP contribution < -0.4 is 5.73 Å². The van der Waals surface area contributed by atoms with Crippen LogP contribution in [0.25, 0.3) is 22.3 Å². The Kier molecular flexibility index (Phi) is 1.73. The lowest BCUT2D eigenvalue weighted by atomic mass is 10.2. The molecule has 2 aromatic heterocycles. The summed E-state index contributed by atoms with van der Waals surface area (Å²) < 4.78 is 13.0. The molecule has 0 saturated carbocycles. The lowest BCUT2D eigenvalue weighted by Crippen LogP contribution is -1.86. The number of halogens is 1. The monoisotopic (exact) mass is 216 g/mol. The zero-order chi connectivity index (χ0) is 11.1. The van der Waals surface area contributed by atoms with Gasteiger partial charge in [-0.25, -0.2) is 4.39 Å². The van der Waals surface area contributed by atoms with E-state index < -0.39 is 0 Å². The average molecular weight is 216 g/mol. The second-order valence-electron chi connectivity index (χ2n) is 3.61. The van der Waals surface area contributed by atoms with E-state index in [1.54, 1.807) is 12.3 Å². The number of nitrogen functional groups attached to an aromatic ring is 1. The van der Waals surface area contributed by atoms with Gasteiger partial charge in [-0.15, -0.1) is 0 Å². The number of rotatable bonds is 1. The summed E-state index contributed by atoms with van der Waals surface area (Å²) in [7, 11) is 0. The highest BCUT2D eigenvalue weighted by Gasteiger charge is 2.08. The van der Waals surface area contributed by atoms with Crippen molar-refractivity contribution >= 4 is 16.6 Å². The molecule has 0 bridgehead atoms. The van der Waals surface area contributed by atoms with E-state index in [9.17, 15) is 4.39 Å². The minimum atomic E-state index is -0.265. The number of nitrogens with one attached hydrogen (secondary N) is 2. The average Bonchev–Trinajstić information content (AvgIpc) is 2.82. The van der Waals surface area contributed by atoms with Gasteiger partial charge in [0.05, 0.1) is 17.6 Å². The summed E-state index contributed by atoms with van der Waals surface area (Å²) in [4.78, 5) is 3.09. The standard InChI is InChI=1S/C11H9FN4/c12-7-2-1-6-3-10(15-9(6)4-7)11-8(13)5-14-16-11/h1-5,15H,13H2,(H,14,16). The molecule has 0 atom stereocenters. The molecule has 0 aliphatic carbocycles. The molecule has 3 aromatic rings. The Hall–Kier alpha value is -2.30. The van der Waals surface area contributed by atoms with Crippen LogP contribution in [0.3, 0.4) is 0 Å². The van der Waals surface area contributed by atoms with Gasteiger partial charge in [0.15, 0.2) is 0 Å². The third kappa shape index (κ3) is 1.25. The Morgan fingerprint density at radius 2 is 2.12 bits per heavy atom. The van der Waals surface area contributed by atoms with Crippen LogP contribution in [0, 0.1) is 5.82 Å². The predicted molar refractivity (Wildman–Crippen MR) is 60.3 cm³/mol. The zero-order valence-electron chi connectivity index (χ0n) is 8.29. The van der Waals surface area contributed by atoms with Crippen LogP contribution in [0.2, 0.25) is 0 Å². The molecule has 0 aliphatic rings. The molecule has 3 rings (SSSR count). The van der Waals surface area contributed by atoms with E-state index in [0.717, 1.165) is 22.3 Å². The number of fused-ring (bicyclic) bond motifs is 1. The number of anilines is 1. The molecule has 4 N–H and O–H groups in total. The molecule has 0 amide bonds. The number of benzene rings is 1. The largest absolute Gasteiger partial charge is 0.396 e. The van der Waals surface area contributed by atoms with Crippen LogP contribution in [0.4, 0.5) is 10.1 Å². The first kappa shape index (κ1) is 8.96. The molecule has 16 heavy (non-hydrogen) atoms. The van der Waals surface area contributed by atoms with E-state index in [4.69, 9.17) is 5.73 Å². The van der Waals surface area contributed by atoms with Gasteiger partial charge in [-0.05, 0) is 24.3 Å². The molecule has 2 heterocycles. The third-order valence-corrected chi connectivity index (χ3v) is 2.52. The van der Waals surface area contributed by atoms with Crippen molar-refractivity contribution in [1.82, 2.24) is 15.2 Å². The fourth-order valence-electron chi connectivity index (χ4n) is 1.75. The summed E-state index contributed by atoms with van der Waals surface area (Å²) in [5, 5.41) is 7.57. The molecular weight excluding hydrogens is 207 g/mol. The van der Waals surface area contributed by atoms with Crippen LogP contribution >= 0.6 is 0 Å². The molecule has 0 saturated heterocycles. The van der Waals surface area contributed by atoms with Crippen molar-refractivity contribution in [3.05, 3.63) is 36.3 Å². The predicted octanol–water partition coefficient (Wildman–Crippen LogP) is 2.28. The maximum Gasteiger partial charge on any atom is 0.125 e. The Morgan fingerprint density at radius 3 is 2.88 bits per heavy atom. The fraction of sp³-hybridized carbons (Fsp3) is 0. The molecule has 5 heteroatoms. The zero-order valence-corrected chi connectivity index (χ0v) is 8.29. The van der Waals surface area contributed by atoms with Crippen molar-refractivity contribution < 1.29 is 4.39 Å². The van der Waals surface area contributed by atoms with Crippen molar-refractivity contribution in [3.63, 3.8) is 0 Å². The summed E-state index contributed by atoms with van der Waals surface area (Å²) in [5.74, 6) is -0.265. The minimum absolute atomic E-state index is 0.265. The van der Waals surface area contributed by atoms with E-state index in [1.807, 2.05) is 6.07 Å². The van der Waals surface area contributed by atoms with Crippen LogP contribution in [0.1, 0.15) is 0 Å². The summed E-state index contributed by atoms with van der Waals surface area (Å²) >= 11 is 0. The van der Waals surface area contributed by atoms with Crippen molar-refractivity contribution in [2.75, 3.05) is 5.73 Å². The molecule has 0 aliphatic heterocycles. The number of aromatic amines is 2. The summed E-state index contributed by atoms with van der Waals surface area (Å²) in [6, 6.07) is 6.50. The first-order chi connectivity index (χ1) is 7.74. The summed E-state index contributed by atoms with van der Waals surface area (Å²) in [5.41, 5.74) is 8.56. The molecule has 0 spiro atoms. The van der Waals surface area contributed by atoms with E-state index in [-0.39, 0.29) is 5.82 Å². The van der Waals surface area contributed by atoms with Gasteiger partial charge in [0.25, 0.3) is 0 Å². The van der Waals surface area contributed by atoms with E-state index >= 15 is 0 Å². The van der Waals surface area contributed by atoms with E-state index in [0.29, 0.717) is 5.69 Å². The maximum atomic E-state index is 13.0. The van der Waals surface area contributed by atoms with E-state index in [1.165, 1.54) is 12.1 Å². The minimum Gasteiger partial charge on any atom is -0.396 e. The van der Waals surface area contributed by atoms with Crippen LogP contribution in [0.5, 0.6) is 0 Å². The molecule has 0 radical (unpaired) electrons. The van der Waals surface area contributed by atoms with E-state index in [2.05, 4.69) is 15.2 Å². The highest BCUT2D eigenvalue weighted by atomic mass is 19.1. The summed E-state index contributed by atoms with van der Waals surface area (Å²) in [6.07, 6.45) is 1.54. The highest BCUT2D eigenvalue weighted by molar-refractivity contribution is 5.87. The maximum absolute atomic E-state index is 13.0. The number of aromatic nitrogens is 3. The van der Waals surface area contributed by atoms with Crippen molar-refractivity contribution in [2.24, 2.45) is 0 Å².